The third-order valence-corrected chi connectivity index (χ3v) is 6.66. The Labute approximate surface area is 181 Å². The molecule has 0 saturated carbocycles. The molecule has 160 valence electrons. The smallest absolute Gasteiger partial charge is 0.236 e. The minimum absolute atomic E-state index is 0.104. The standard InChI is InChI=1S/C22H30N6OS/c1-6-15-10-12-16(13-11-15)28-19(23)18-14(5)25-26-20(18)24-22(28)30-17(7-2)21(29)27(8-3)9-4/h10-13,17,23H,6-9H2,1-5H3,(H,25,26)/t17-/m1/s1. The topological polar surface area (TPSA) is 90.7 Å². The number of nitrogens with zero attached hydrogens (tertiary/aromatic N) is 4. The molecule has 0 bridgehead atoms. The summed E-state index contributed by atoms with van der Waals surface area (Å²) < 4.78 is 1.83. The van der Waals surface area contributed by atoms with Gasteiger partial charge in [0, 0.05) is 24.5 Å². The molecule has 0 unspecified atom stereocenters. The average Bonchev–Trinajstić information content (AvgIpc) is 3.13. The second kappa shape index (κ2) is 9.47. The quantitative estimate of drug-likeness (QED) is 0.423. The van der Waals surface area contributed by atoms with Gasteiger partial charge >= 0.3 is 0 Å². The lowest BCUT2D eigenvalue weighted by Gasteiger charge is -2.24. The number of hydrogen-bond acceptors (Lipinski definition) is 5. The van der Waals surface area contributed by atoms with Gasteiger partial charge in [0.1, 0.15) is 5.49 Å². The summed E-state index contributed by atoms with van der Waals surface area (Å²) in [5.41, 5.74) is 3.73. The van der Waals surface area contributed by atoms with Gasteiger partial charge in [-0.05, 0) is 51.3 Å². The molecule has 3 rings (SSSR count). The second-order valence-electron chi connectivity index (χ2n) is 7.17. The molecule has 8 heteroatoms. The maximum atomic E-state index is 13.0. The van der Waals surface area contributed by atoms with Gasteiger partial charge < -0.3 is 4.90 Å². The van der Waals surface area contributed by atoms with E-state index in [1.165, 1.54) is 17.3 Å². The van der Waals surface area contributed by atoms with Gasteiger partial charge in [0.05, 0.1) is 10.6 Å². The van der Waals surface area contributed by atoms with E-state index in [0.29, 0.717) is 41.2 Å². The molecule has 7 nitrogen and oxygen atoms in total. The number of hydrogen-bond donors (Lipinski definition) is 2. The highest BCUT2D eigenvalue weighted by Crippen LogP contribution is 2.28. The van der Waals surface area contributed by atoms with Crippen molar-refractivity contribution < 1.29 is 4.79 Å². The van der Waals surface area contributed by atoms with Crippen molar-refractivity contribution in [1.29, 1.82) is 5.41 Å². The van der Waals surface area contributed by atoms with Crippen molar-refractivity contribution in [2.24, 2.45) is 0 Å². The van der Waals surface area contributed by atoms with Crippen LogP contribution in [0.2, 0.25) is 0 Å². The number of fused-ring (bicyclic) bond motifs is 1. The van der Waals surface area contributed by atoms with E-state index in [9.17, 15) is 4.79 Å². The number of benzene rings is 1. The molecule has 0 saturated heterocycles. The SMILES string of the molecule is CCc1ccc(-n2c(S[C@H](CC)C(=O)N(CC)CC)nc3n[nH]c(C)c3c2=N)cc1. The predicted molar refractivity (Wildman–Crippen MR) is 121 cm³/mol. The van der Waals surface area contributed by atoms with Crippen LogP contribution in [0.25, 0.3) is 16.7 Å². The van der Waals surface area contributed by atoms with Crippen LogP contribution in [-0.4, -0.2) is 48.9 Å². The Morgan fingerprint density at radius 2 is 1.87 bits per heavy atom. The number of aryl methyl sites for hydroxylation is 2. The van der Waals surface area contributed by atoms with Gasteiger partial charge in [-0.25, -0.2) is 4.98 Å². The summed E-state index contributed by atoms with van der Waals surface area (Å²) in [6.07, 6.45) is 1.64. The zero-order valence-corrected chi connectivity index (χ0v) is 19.1. The molecule has 0 aliphatic rings. The van der Waals surface area contributed by atoms with E-state index < -0.39 is 0 Å². The third kappa shape index (κ3) is 4.14. The van der Waals surface area contributed by atoms with Crippen LogP contribution in [0, 0.1) is 12.3 Å². The van der Waals surface area contributed by atoms with Gasteiger partial charge in [-0.15, -0.1) is 0 Å². The molecule has 2 heterocycles. The highest BCUT2D eigenvalue weighted by atomic mass is 32.2. The van der Waals surface area contributed by atoms with E-state index in [1.807, 2.05) is 49.3 Å². The Morgan fingerprint density at radius 3 is 2.43 bits per heavy atom. The molecule has 30 heavy (non-hydrogen) atoms. The molecule has 1 aromatic carbocycles. The molecule has 2 N–H and O–H groups in total. The first-order chi connectivity index (χ1) is 14.4. The molecule has 1 amide bonds. The first kappa shape index (κ1) is 22.1. The summed E-state index contributed by atoms with van der Waals surface area (Å²) in [6.45, 7) is 11.4. The molecule has 3 aromatic rings. The minimum Gasteiger partial charge on any atom is -0.342 e. The van der Waals surface area contributed by atoms with Gasteiger partial charge in [-0.2, -0.15) is 5.10 Å². The monoisotopic (exact) mass is 426 g/mol. The van der Waals surface area contributed by atoms with Crippen molar-refractivity contribution in [2.45, 2.75) is 57.9 Å². The van der Waals surface area contributed by atoms with Crippen molar-refractivity contribution in [3.8, 4) is 5.69 Å². The predicted octanol–water partition coefficient (Wildman–Crippen LogP) is 3.84. The van der Waals surface area contributed by atoms with E-state index in [4.69, 9.17) is 10.4 Å². The number of carbonyl (C=O) groups excluding carboxylic acids is 1. The van der Waals surface area contributed by atoms with E-state index in [1.54, 1.807) is 0 Å². The molecule has 0 aliphatic carbocycles. The number of carbonyl (C=O) groups is 1. The minimum atomic E-state index is -0.268. The fourth-order valence-corrected chi connectivity index (χ4v) is 4.61. The van der Waals surface area contributed by atoms with Crippen LogP contribution in [0.4, 0.5) is 0 Å². The van der Waals surface area contributed by atoms with Crippen LogP contribution in [0.3, 0.4) is 0 Å². The Morgan fingerprint density at radius 1 is 1.20 bits per heavy atom. The number of aromatic nitrogens is 4. The average molecular weight is 427 g/mol. The zero-order valence-electron chi connectivity index (χ0n) is 18.3. The van der Waals surface area contributed by atoms with Gasteiger partial charge in [-0.3, -0.25) is 19.9 Å². The van der Waals surface area contributed by atoms with Crippen molar-refractivity contribution in [1.82, 2.24) is 24.6 Å². The maximum absolute atomic E-state index is 13.0. The zero-order chi connectivity index (χ0) is 21.8. The highest BCUT2D eigenvalue weighted by Gasteiger charge is 2.25. The molecule has 0 aliphatic heterocycles. The van der Waals surface area contributed by atoms with Crippen LogP contribution >= 0.6 is 11.8 Å². The van der Waals surface area contributed by atoms with Crippen LogP contribution < -0.4 is 5.49 Å². The fourth-order valence-electron chi connectivity index (χ4n) is 3.50. The summed E-state index contributed by atoms with van der Waals surface area (Å²) in [5.74, 6) is 0.104. The summed E-state index contributed by atoms with van der Waals surface area (Å²) in [6, 6.07) is 8.16. The van der Waals surface area contributed by atoms with Crippen LogP contribution in [0.1, 0.15) is 45.4 Å². The summed E-state index contributed by atoms with van der Waals surface area (Å²) in [5, 5.41) is 17.1. The number of rotatable bonds is 8. The Kier molecular flexibility index (Phi) is 6.97. The maximum Gasteiger partial charge on any atom is 0.236 e. The van der Waals surface area contributed by atoms with Gasteiger partial charge in [0.2, 0.25) is 5.91 Å². The fraction of sp³-hybridized carbons (Fsp3) is 0.455. The lowest BCUT2D eigenvalue weighted by Crippen LogP contribution is -2.37. The van der Waals surface area contributed by atoms with Crippen molar-refractivity contribution in [2.75, 3.05) is 13.1 Å². The number of amides is 1. The molecule has 0 radical (unpaired) electrons. The van der Waals surface area contributed by atoms with E-state index in [2.05, 4.69) is 29.3 Å². The summed E-state index contributed by atoms with van der Waals surface area (Å²) in [7, 11) is 0. The molecule has 1 atom stereocenters. The first-order valence-corrected chi connectivity index (χ1v) is 11.4. The highest BCUT2D eigenvalue weighted by molar-refractivity contribution is 8.00. The molecular formula is C22H30N6OS. The first-order valence-electron chi connectivity index (χ1n) is 10.5. The van der Waals surface area contributed by atoms with E-state index >= 15 is 0 Å². The van der Waals surface area contributed by atoms with Gasteiger partial charge in [0.25, 0.3) is 0 Å². The normalized spacial score (nSPS) is 12.3. The van der Waals surface area contributed by atoms with Crippen molar-refractivity contribution in [3.63, 3.8) is 0 Å². The molecule has 0 fully saturated rings. The van der Waals surface area contributed by atoms with Crippen LogP contribution in [0.15, 0.2) is 29.4 Å². The number of thioether (sulfide) groups is 1. The molecule has 2 aromatic heterocycles. The number of nitrogens with one attached hydrogen (secondary N) is 2. The van der Waals surface area contributed by atoms with Crippen LogP contribution in [-0.2, 0) is 11.2 Å². The summed E-state index contributed by atoms with van der Waals surface area (Å²) >= 11 is 1.41. The third-order valence-electron chi connectivity index (χ3n) is 5.35. The Bertz CT molecular complexity index is 1080. The molecule has 0 spiro atoms. The Hall–Kier alpha value is -2.61. The lowest BCUT2D eigenvalue weighted by atomic mass is 10.1. The Balaban J connectivity index is 2.14. The van der Waals surface area contributed by atoms with Gasteiger partial charge in [-0.1, -0.05) is 37.7 Å². The van der Waals surface area contributed by atoms with E-state index in [0.717, 1.165) is 17.8 Å². The van der Waals surface area contributed by atoms with Crippen LogP contribution in [0.5, 0.6) is 0 Å². The molecular weight excluding hydrogens is 396 g/mol. The summed E-state index contributed by atoms with van der Waals surface area (Å²) in [4.78, 5) is 19.6. The van der Waals surface area contributed by atoms with Crippen molar-refractivity contribution >= 4 is 28.7 Å². The number of aromatic amines is 1. The number of H-pyrrole nitrogens is 1. The largest absolute Gasteiger partial charge is 0.342 e. The lowest BCUT2D eigenvalue weighted by molar-refractivity contribution is -0.130. The second-order valence-corrected chi connectivity index (χ2v) is 8.34. The van der Waals surface area contributed by atoms with Gasteiger partial charge in [0.15, 0.2) is 10.8 Å². The van der Waals surface area contributed by atoms with E-state index in [-0.39, 0.29) is 11.2 Å². The van der Waals surface area contributed by atoms with Crippen molar-refractivity contribution in [3.05, 3.63) is 41.0 Å².